The van der Waals surface area contributed by atoms with Crippen molar-refractivity contribution in [1.29, 1.82) is 0 Å². The van der Waals surface area contributed by atoms with Gasteiger partial charge in [0.2, 0.25) is 0 Å². The van der Waals surface area contributed by atoms with Crippen LogP contribution in [0.25, 0.3) is 0 Å². The SMILES string of the molecule is Cc1ccc(CCN2C(=O)C(CCC3CCCCC3)(CC3CCCCC3)N=C2N)cc1. The van der Waals surface area contributed by atoms with Crippen LogP contribution in [0.5, 0.6) is 0 Å². The number of nitrogens with two attached hydrogens (primary N) is 1. The maximum atomic E-state index is 13.8. The summed E-state index contributed by atoms with van der Waals surface area (Å²) in [6.45, 7) is 2.73. The Hall–Kier alpha value is -1.84. The Balaban J connectivity index is 1.46. The summed E-state index contributed by atoms with van der Waals surface area (Å²) in [6.07, 6.45) is 16.9. The Morgan fingerprint density at radius 1 is 0.968 bits per heavy atom. The van der Waals surface area contributed by atoms with Gasteiger partial charge in [-0.25, -0.2) is 4.99 Å². The Bertz CT molecular complexity index is 759. The van der Waals surface area contributed by atoms with E-state index in [1.165, 1.54) is 75.3 Å². The van der Waals surface area contributed by atoms with E-state index in [1.54, 1.807) is 4.90 Å². The van der Waals surface area contributed by atoms with Gasteiger partial charge in [0.05, 0.1) is 0 Å². The Labute approximate surface area is 188 Å². The molecule has 1 aromatic carbocycles. The summed E-state index contributed by atoms with van der Waals surface area (Å²) < 4.78 is 0. The zero-order valence-corrected chi connectivity index (χ0v) is 19.5. The summed E-state index contributed by atoms with van der Waals surface area (Å²) in [4.78, 5) is 20.5. The Morgan fingerprint density at radius 3 is 2.23 bits per heavy atom. The second-order valence-electron chi connectivity index (χ2n) is 10.4. The molecule has 1 unspecified atom stereocenters. The minimum Gasteiger partial charge on any atom is -0.369 e. The van der Waals surface area contributed by atoms with Gasteiger partial charge in [-0.15, -0.1) is 0 Å². The number of hydrogen-bond donors (Lipinski definition) is 1. The van der Waals surface area contributed by atoms with Gasteiger partial charge < -0.3 is 5.73 Å². The molecule has 0 spiro atoms. The fourth-order valence-electron chi connectivity index (χ4n) is 6.08. The van der Waals surface area contributed by atoms with Crippen molar-refractivity contribution in [3.8, 4) is 0 Å². The molecule has 0 bridgehead atoms. The maximum Gasteiger partial charge on any atom is 0.257 e. The highest BCUT2D eigenvalue weighted by Crippen LogP contribution is 2.40. The van der Waals surface area contributed by atoms with Gasteiger partial charge in [0.25, 0.3) is 5.91 Å². The van der Waals surface area contributed by atoms with Crippen molar-refractivity contribution >= 4 is 11.9 Å². The van der Waals surface area contributed by atoms with Crippen LogP contribution in [-0.2, 0) is 11.2 Å². The van der Waals surface area contributed by atoms with Gasteiger partial charge in [0.15, 0.2) is 5.96 Å². The lowest BCUT2D eigenvalue weighted by molar-refractivity contribution is -0.132. The molecule has 0 radical (unpaired) electrons. The van der Waals surface area contributed by atoms with Crippen LogP contribution in [0, 0.1) is 18.8 Å². The van der Waals surface area contributed by atoms with Gasteiger partial charge in [-0.3, -0.25) is 9.69 Å². The van der Waals surface area contributed by atoms with E-state index in [2.05, 4.69) is 31.2 Å². The molecule has 1 aromatic rings. The normalized spacial score (nSPS) is 25.8. The third-order valence-electron chi connectivity index (χ3n) is 8.04. The molecule has 0 aromatic heterocycles. The fraction of sp³-hybridized carbons (Fsp3) is 0.704. The predicted molar refractivity (Wildman–Crippen MR) is 128 cm³/mol. The number of carbonyl (C=O) groups excluding carboxylic acids is 1. The van der Waals surface area contributed by atoms with Crippen LogP contribution in [-0.4, -0.2) is 28.9 Å². The molecular weight excluding hydrogens is 382 g/mol. The molecule has 1 atom stereocenters. The summed E-state index contributed by atoms with van der Waals surface area (Å²) >= 11 is 0. The van der Waals surface area contributed by atoms with Crippen molar-refractivity contribution in [1.82, 2.24) is 4.90 Å². The highest BCUT2D eigenvalue weighted by molar-refractivity contribution is 6.06. The van der Waals surface area contributed by atoms with Crippen molar-refractivity contribution < 1.29 is 4.79 Å². The van der Waals surface area contributed by atoms with Crippen molar-refractivity contribution in [3.63, 3.8) is 0 Å². The molecule has 4 rings (SSSR count). The molecule has 2 aliphatic carbocycles. The molecule has 31 heavy (non-hydrogen) atoms. The number of hydrogen-bond acceptors (Lipinski definition) is 3. The molecule has 4 nitrogen and oxygen atoms in total. The average molecular weight is 424 g/mol. The standard InChI is InChI=1S/C27H41N3O/c1-21-12-14-23(15-13-21)17-19-30-25(31)27(29-26(30)28,20-24-10-6-3-7-11-24)18-16-22-8-4-2-5-9-22/h12-15,22,24H,2-11,16-20H2,1H3,(H2,28,29). The minimum absolute atomic E-state index is 0.179. The van der Waals surface area contributed by atoms with Gasteiger partial charge in [0.1, 0.15) is 5.54 Å². The van der Waals surface area contributed by atoms with Crippen LogP contribution < -0.4 is 5.73 Å². The topological polar surface area (TPSA) is 58.7 Å². The highest BCUT2D eigenvalue weighted by atomic mass is 16.2. The number of aryl methyl sites for hydroxylation is 1. The summed E-state index contributed by atoms with van der Waals surface area (Å²) in [7, 11) is 0. The molecule has 0 saturated heterocycles. The van der Waals surface area contributed by atoms with Crippen LogP contribution in [0.15, 0.2) is 29.3 Å². The quantitative estimate of drug-likeness (QED) is 0.577. The number of benzene rings is 1. The first-order valence-electron chi connectivity index (χ1n) is 12.8. The molecule has 2 N–H and O–H groups in total. The molecule has 3 aliphatic rings. The lowest BCUT2D eigenvalue weighted by Crippen LogP contribution is -2.46. The van der Waals surface area contributed by atoms with Crippen LogP contribution in [0.4, 0.5) is 0 Å². The van der Waals surface area contributed by atoms with E-state index in [4.69, 9.17) is 10.7 Å². The smallest absolute Gasteiger partial charge is 0.257 e. The van der Waals surface area contributed by atoms with E-state index in [0.29, 0.717) is 18.4 Å². The number of rotatable bonds is 8. The van der Waals surface area contributed by atoms with Crippen molar-refractivity contribution in [2.75, 3.05) is 6.54 Å². The molecule has 4 heteroatoms. The molecule has 2 fully saturated rings. The van der Waals surface area contributed by atoms with Crippen LogP contribution >= 0.6 is 0 Å². The van der Waals surface area contributed by atoms with Gasteiger partial charge in [-0.05, 0) is 50.0 Å². The summed E-state index contributed by atoms with van der Waals surface area (Å²) in [5.41, 5.74) is 8.31. The van der Waals surface area contributed by atoms with E-state index < -0.39 is 5.54 Å². The summed E-state index contributed by atoms with van der Waals surface area (Å²) in [6, 6.07) is 8.58. The van der Waals surface area contributed by atoms with Crippen molar-refractivity contribution in [3.05, 3.63) is 35.4 Å². The second-order valence-corrected chi connectivity index (χ2v) is 10.4. The van der Waals surface area contributed by atoms with Crippen LogP contribution in [0.2, 0.25) is 0 Å². The number of aliphatic imine (C=N–C) groups is 1. The van der Waals surface area contributed by atoms with E-state index >= 15 is 0 Å². The number of nitrogens with zero attached hydrogens (tertiary/aromatic N) is 2. The maximum absolute atomic E-state index is 13.8. The van der Waals surface area contributed by atoms with E-state index in [-0.39, 0.29) is 5.91 Å². The third kappa shape index (κ3) is 5.51. The van der Waals surface area contributed by atoms with Gasteiger partial charge in [-0.1, -0.05) is 94.0 Å². The third-order valence-corrected chi connectivity index (χ3v) is 8.04. The molecule has 1 amide bonds. The van der Waals surface area contributed by atoms with Gasteiger partial charge in [-0.2, -0.15) is 0 Å². The number of carbonyl (C=O) groups is 1. The lowest BCUT2D eigenvalue weighted by atomic mass is 9.75. The highest BCUT2D eigenvalue weighted by Gasteiger charge is 2.48. The fourth-order valence-corrected chi connectivity index (χ4v) is 6.08. The lowest BCUT2D eigenvalue weighted by Gasteiger charge is -2.33. The van der Waals surface area contributed by atoms with Crippen LogP contribution in [0.1, 0.15) is 94.6 Å². The summed E-state index contributed by atoms with van der Waals surface area (Å²) in [5.74, 6) is 2.02. The van der Waals surface area contributed by atoms with Crippen molar-refractivity contribution in [2.45, 2.75) is 102 Å². The average Bonchev–Trinajstić information content (AvgIpc) is 3.02. The van der Waals surface area contributed by atoms with E-state index in [0.717, 1.165) is 31.6 Å². The Kier molecular flexibility index (Phi) is 7.35. The minimum atomic E-state index is -0.600. The first kappa shape index (κ1) is 22.4. The zero-order chi connectivity index (χ0) is 21.7. The molecule has 1 aliphatic heterocycles. The summed E-state index contributed by atoms with van der Waals surface area (Å²) in [5, 5.41) is 0. The van der Waals surface area contributed by atoms with Gasteiger partial charge >= 0.3 is 0 Å². The first-order chi connectivity index (χ1) is 15.1. The van der Waals surface area contributed by atoms with E-state index in [1.807, 2.05) is 0 Å². The zero-order valence-electron chi connectivity index (χ0n) is 19.5. The molecule has 170 valence electrons. The molecule has 2 saturated carbocycles. The largest absolute Gasteiger partial charge is 0.369 e. The molecule has 1 heterocycles. The monoisotopic (exact) mass is 423 g/mol. The predicted octanol–water partition coefficient (Wildman–Crippen LogP) is 5.76. The van der Waals surface area contributed by atoms with Gasteiger partial charge in [0, 0.05) is 6.54 Å². The number of guanidine groups is 1. The van der Waals surface area contributed by atoms with Crippen LogP contribution in [0.3, 0.4) is 0 Å². The first-order valence-corrected chi connectivity index (χ1v) is 12.8. The van der Waals surface area contributed by atoms with Crippen molar-refractivity contribution in [2.24, 2.45) is 22.6 Å². The second kappa shape index (κ2) is 10.2. The number of amides is 1. The Morgan fingerprint density at radius 2 is 1.58 bits per heavy atom. The molecular formula is C27H41N3O. The van der Waals surface area contributed by atoms with E-state index in [9.17, 15) is 4.79 Å².